The normalized spacial score (nSPS) is 27.0. The zero-order chi connectivity index (χ0) is 12.0. The molecule has 0 heterocycles. The van der Waals surface area contributed by atoms with Crippen LogP contribution in [0, 0.1) is 5.92 Å². The van der Waals surface area contributed by atoms with Crippen molar-refractivity contribution in [1.29, 1.82) is 0 Å². The lowest BCUT2D eigenvalue weighted by Gasteiger charge is -2.26. The molecule has 0 aromatic carbocycles. The second-order valence-corrected chi connectivity index (χ2v) is 5.84. The largest absolute Gasteiger partial charge is 0.393 e. The number of nitrogens with one attached hydrogen (secondary N) is 1. The van der Waals surface area contributed by atoms with Gasteiger partial charge in [0.25, 0.3) is 0 Å². The summed E-state index contributed by atoms with van der Waals surface area (Å²) >= 11 is 0. The summed E-state index contributed by atoms with van der Waals surface area (Å²) in [7, 11) is 0. The summed E-state index contributed by atoms with van der Waals surface area (Å²) in [5.41, 5.74) is -0.0311. The molecule has 1 aliphatic rings. The molecule has 0 radical (unpaired) electrons. The van der Waals surface area contributed by atoms with E-state index in [4.69, 9.17) is 4.74 Å². The molecule has 1 saturated carbocycles. The van der Waals surface area contributed by atoms with E-state index in [0.717, 1.165) is 51.3 Å². The van der Waals surface area contributed by atoms with E-state index in [1.165, 1.54) is 0 Å². The summed E-state index contributed by atoms with van der Waals surface area (Å²) in [5.74, 6) is 0.748. The van der Waals surface area contributed by atoms with Gasteiger partial charge in [-0.3, -0.25) is 0 Å². The molecule has 3 nitrogen and oxygen atoms in total. The minimum Gasteiger partial charge on any atom is -0.393 e. The van der Waals surface area contributed by atoms with Gasteiger partial charge in [0.1, 0.15) is 0 Å². The number of hydrogen-bond donors (Lipinski definition) is 2. The van der Waals surface area contributed by atoms with Gasteiger partial charge in [-0.1, -0.05) is 0 Å². The molecule has 0 unspecified atom stereocenters. The Hall–Kier alpha value is -0.120. The topological polar surface area (TPSA) is 41.5 Å². The molecule has 0 saturated heterocycles. The molecule has 0 atom stereocenters. The Kier molecular flexibility index (Phi) is 5.73. The van der Waals surface area contributed by atoms with Gasteiger partial charge < -0.3 is 15.2 Å². The van der Waals surface area contributed by atoms with Gasteiger partial charge in [-0.2, -0.15) is 0 Å². The monoisotopic (exact) mass is 229 g/mol. The molecule has 0 aromatic heterocycles. The molecule has 0 amide bonds. The highest BCUT2D eigenvalue weighted by Gasteiger charge is 2.18. The van der Waals surface area contributed by atoms with Crippen molar-refractivity contribution in [2.45, 2.75) is 58.2 Å². The van der Waals surface area contributed by atoms with Crippen LogP contribution in [-0.4, -0.2) is 36.5 Å². The fraction of sp³-hybridized carbons (Fsp3) is 1.00. The first-order valence-corrected chi connectivity index (χ1v) is 6.50. The van der Waals surface area contributed by atoms with Crippen LogP contribution in [0.3, 0.4) is 0 Å². The van der Waals surface area contributed by atoms with Crippen molar-refractivity contribution in [2.24, 2.45) is 5.92 Å². The van der Waals surface area contributed by atoms with E-state index in [2.05, 4.69) is 26.1 Å². The fourth-order valence-electron chi connectivity index (χ4n) is 2.08. The standard InChI is InChI=1S/C13H27NO2/c1-13(2,3)16-9-8-14-10-11-4-6-12(15)7-5-11/h11-12,14-15H,4-10H2,1-3H3. The Morgan fingerprint density at radius 3 is 2.38 bits per heavy atom. The van der Waals surface area contributed by atoms with Crippen LogP contribution in [0.15, 0.2) is 0 Å². The second-order valence-electron chi connectivity index (χ2n) is 5.84. The average Bonchev–Trinajstić information content (AvgIpc) is 2.19. The van der Waals surface area contributed by atoms with Crippen molar-refractivity contribution >= 4 is 0 Å². The molecule has 2 N–H and O–H groups in total. The third-order valence-corrected chi connectivity index (χ3v) is 3.06. The zero-order valence-electron chi connectivity index (χ0n) is 11.0. The van der Waals surface area contributed by atoms with E-state index in [0.29, 0.717) is 0 Å². The van der Waals surface area contributed by atoms with E-state index in [9.17, 15) is 5.11 Å². The maximum Gasteiger partial charge on any atom is 0.0599 e. The van der Waals surface area contributed by atoms with Crippen LogP contribution in [-0.2, 0) is 4.74 Å². The molecule has 0 spiro atoms. The van der Waals surface area contributed by atoms with Crippen LogP contribution < -0.4 is 5.32 Å². The number of aliphatic hydroxyl groups is 1. The van der Waals surface area contributed by atoms with Gasteiger partial charge in [0, 0.05) is 6.54 Å². The van der Waals surface area contributed by atoms with Crippen LogP contribution in [0.2, 0.25) is 0 Å². The van der Waals surface area contributed by atoms with E-state index in [1.54, 1.807) is 0 Å². The van der Waals surface area contributed by atoms with Crippen LogP contribution >= 0.6 is 0 Å². The lowest BCUT2D eigenvalue weighted by Crippen LogP contribution is -2.31. The molecular weight excluding hydrogens is 202 g/mol. The van der Waals surface area contributed by atoms with Gasteiger partial charge in [-0.25, -0.2) is 0 Å². The SMILES string of the molecule is CC(C)(C)OCCNCC1CCC(O)CC1. The molecule has 1 rings (SSSR count). The van der Waals surface area contributed by atoms with Crippen molar-refractivity contribution in [3.63, 3.8) is 0 Å². The molecule has 1 aliphatic carbocycles. The predicted octanol–water partition coefficient (Wildman–Crippen LogP) is 1.94. The summed E-state index contributed by atoms with van der Waals surface area (Å²) in [5, 5.41) is 12.8. The molecule has 0 aliphatic heterocycles. The van der Waals surface area contributed by atoms with Crippen LogP contribution in [0.1, 0.15) is 46.5 Å². The molecular formula is C13H27NO2. The van der Waals surface area contributed by atoms with Gasteiger partial charge in [0.2, 0.25) is 0 Å². The summed E-state index contributed by atoms with van der Waals surface area (Å²) < 4.78 is 5.63. The molecule has 16 heavy (non-hydrogen) atoms. The minimum atomic E-state index is -0.0412. The van der Waals surface area contributed by atoms with Crippen molar-refractivity contribution in [3.8, 4) is 0 Å². The average molecular weight is 229 g/mol. The van der Waals surface area contributed by atoms with Crippen molar-refractivity contribution in [1.82, 2.24) is 5.32 Å². The van der Waals surface area contributed by atoms with Crippen LogP contribution in [0.25, 0.3) is 0 Å². The van der Waals surface area contributed by atoms with E-state index in [1.807, 2.05) is 0 Å². The van der Waals surface area contributed by atoms with Crippen molar-refractivity contribution in [2.75, 3.05) is 19.7 Å². The van der Waals surface area contributed by atoms with Gasteiger partial charge in [0.15, 0.2) is 0 Å². The first-order valence-electron chi connectivity index (χ1n) is 6.50. The van der Waals surface area contributed by atoms with Crippen molar-refractivity contribution < 1.29 is 9.84 Å². The Morgan fingerprint density at radius 2 is 1.81 bits per heavy atom. The van der Waals surface area contributed by atoms with Crippen LogP contribution in [0.5, 0.6) is 0 Å². The quantitative estimate of drug-likeness (QED) is 0.708. The Balaban J connectivity index is 1.95. The molecule has 96 valence electrons. The Morgan fingerprint density at radius 1 is 1.19 bits per heavy atom. The summed E-state index contributed by atoms with van der Waals surface area (Å²) in [4.78, 5) is 0. The van der Waals surface area contributed by atoms with E-state index < -0.39 is 0 Å². The molecule has 3 heteroatoms. The van der Waals surface area contributed by atoms with E-state index in [-0.39, 0.29) is 11.7 Å². The Bertz CT molecular complexity index is 181. The maximum absolute atomic E-state index is 9.39. The minimum absolute atomic E-state index is 0.0311. The summed E-state index contributed by atoms with van der Waals surface area (Å²) in [6.45, 7) is 9.01. The van der Waals surface area contributed by atoms with Crippen molar-refractivity contribution in [3.05, 3.63) is 0 Å². The van der Waals surface area contributed by atoms with Crippen LogP contribution in [0.4, 0.5) is 0 Å². The smallest absolute Gasteiger partial charge is 0.0599 e. The highest BCUT2D eigenvalue weighted by Crippen LogP contribution is 2.23. The van der Waals surface area contributed by atoms with Gasteiger partial charge in [-0.15, -0.1) is 0 Å². The third-order valence-electron chi connectivity index (χ3n) is 3.06. The first kappa shape index (κ1) is 13.9. The van der Waals surface area contributed by atoms with Gasteiger partial charge in [0.05, 0.1) is 18.3 Å². The number of ether oxygens (including phenoxy) is 1. The number of rotatable bonds is 5. The fourth-order valence-corrected chi connectivity index (χ4v) is 2.08. The first-order chi connectivity index (χ1) is 7.47. The molecule has 0 aromatic rings. The number of hydrogen-bond acceptors (Lipinski definition) is 3. The summed E-state index contributed by atoms with van der Waals surface area (Å²) in [6.07, 6.45) is 4.23. The second kappa shape index (κ2) is 6.58. The summed E-state index contributed by atoms with van der Waals surface area (Å²) in [6, 6.07) is 0. The lowest BCUT2D eigenvalue weighted by atomic mass is 9.87. The Labute approximate surface area is 99.6 Å². The predicted molar refractivity (Wildman–Crippen MR) is 66.5 cm³/mol. The zero-order valence-corrected chi connectivity index (χ0v) is 11.0. The van der Waals surface area contributed by atoms with E-state index >= 15 is 0 Å². The maximum atomic E-state index is 9.39. The highest BCUT2D eigenvalue weighted by molar-refractivity contribution is 4.73. The highest BCUT2D eigenvalue weighted by atomic mass is 16.5. The lowest BCUT2D eigenvalue weighted by molar-refractivity contribution is -0.00131. The van der Waals surface area contributed by atoms with Gasteiger partial charge in [-0.05, 0) is 58.9 Å². The molecule has 1 fully saturated rings. The third kappa shape index (κ3) is 6.46. The number of aliphatic hydroxyl groups excluding tert-OH is 1. The van der Waals surface area contributed by atoms with Gasteiger partial charge >= 0.3 is 0 Å². The molecule has 0 bridgehead atoms.